The standard InChI is InChI=1S/C14H20N2/c1-4-6-7-14(16-9-5-2)13-11-15-10-8-12(13)3/h8,10-11,14,16H,5,7,9H2,1-3H3. The Morgan fingerprint density at radius 2 is 2.31 bits per heavy atom. The second-order valence-corrected chi connectivity index (χ2v) is 3.87. The Morgan fingerprint density at radius 3 is 2.94 bits per heavy atom. The van der Waals surface area contributed by atoms with E-state index < -0.39 is 0 Å². The van der Waals surface area contributed by atoms with Crippen LogP contribution in [0, 0.1) is 18.8 Å². The highest BCUT2D eigenvalue weighted by Crippen LogP contribution is 2.19. The molecule has 0 aromatic carbocycles. The molecule has 1 atom stereocenters. The molecule has 0 radical (unpaired) electrons. The molecular formula is C14H20N2. The van der Waals surface area contributed by atoms with Crippen LogP contribution in [0.15, 0.2) is 18.5 Å². The van der Waals surface area contributed by atoms with E-state index in [-0.39, 0.29) is 0 Å². The van der Waals surface area contributed by atoms with Crippen molar-refractivity contribution in [3.8, 4) is 11.8 Å². The van der Waals surface area contributed by atoms with E-state index >= 15 is 0 Å². The summed E-state index contributed by atoms with van der Waals surface area (Å²) in [5.74, 6) is 6.10. The molecule has 16 heavy (non-hydrogen) atoms. The van der Waals surface area contributed by atoms with Gasteiger partial charge in [0.15, 0.2) is 0 Å². The molecule has 0 spiro atoms. The lowest BCUT2D eigenvalue weighted by Crippen LogP contribution is -2.22. The number of rotatable bonds is 5. The van der Waals surface area contributed by atoms with Crippen LogP contribution < -0.4 is 5.32 Å². The van der Waals surface area contributed by atoms with Gasteiger partial charge in [-0.1, -0.05) is 6.92 Å². The zero-order chi connectivity index (χ0) is 11.8. The fourth-order valence-corrected chi connectivity index (χ4v) is 1.66. The Morgan fingerprint density at radius 1 is 1.50 bits per heavy atom. The summed E-state index contributed by atoms with van der Waals surface area (Å²) in [6.45, 7) is 7.19. The predicted octanol–water partition coefficient (Wildman–Crippen LogP) is 2.84. The van der Waals surface area contributed by atoms with Gasteiger partial charge in [-0.05, 0) is 44.0 Å². The third-order valence-electron chi connectivity index (χ3n) is 2.58. The van der Waals surface area contributed by atoms with Gasteiger partial charge < -0.3 is 5.32 Å². The van der Waals surface area contributed by atoms with Crippen LogP contribution in [0.4, 0.5) is 0 Å². The van der Waals surface area contributed by atoms with Crippen molar-refractivity contribution >= 4 is 0 Å². The van der Waals surface area contributed by atoms with Crippen molar-refractivity contribution in [2.24, 2.45) is 0 Å². The molecule has 1 aromatic rings. The number of pyridine rings is 1. The average Bonchev–Trinajstić information content (AvgIpc) is 2.31. The molecule has 0 aliphatic carbocycles. The Balaban J connectivity index is 2.81. The molecule has 0 aliphatic rings. The minimum Gasteiger partial charge on any atom is -0.309 e. The van der Waals surface area contributed by atoms with Crippen molar-refractivity contribution < 1.29 is 0 Å². The summed E-state index contributed by atoms with van der Waals surface area (Å²) >= 11 is 0. The summed E-state index contributed by atoms with van der Waals surface area (Å²) in [6.07, 6.45) is 5.76. The van der Waals surface area contributed by atoms with Crippen LogP contribution in [0.5, 0.6) is 0 Å². The first-order valence-corrected chi connectivity index (χ1v) is 5.83. The minimum atomic E-state index is 0.307. The molecule has 1 N–H and O–H groups in total. The Labute approximate surface area is 98.5 Å². The van der Waals surface area contributed by atoms with E-state index in [2.05, 4.69) is 42.1 Å². The third kappa shape index (κ3) is 3.67. The smallest absolute Gasteiger partial charge is 0.0448 e. The Kier molecular flexibility index (Phi) is 5.60. The van der Waals surface area contributed by atoms with Crippen LogP contribution in [0.3, 0.4) is 0 Å². The molecule has 0 saturated heterocycles. The lowest BCUT2D eigenvalue weighted by atomic mass is 10.0. The van der Waals surface area contributed by atoms with Crippen LogP contribution in [0.2, 0.25) is 0 Å². The molecule has 86 valence electrons. The second-order valence-electron chi connectivity index (χ2n) is 3.87. The number of nitrogens with one attached hydrogen (secondary N) is 1. The molecule has 2 nitrogen and oxygen atoms in total. The van der Waals surface area contributed by atoms with Gasteiger partial charge in [0.05, 0.1) is 0 Å². The summed E-state index contributed by atoms with van der Waals surface area (Å²) in [7, 11) is 0. The monoisotopic (exact) mass is 216 g/mol. The van der Waals surface area contributed by atoms with Gasteiger partial charge in [-0.3, -0.25) is 4.98 Å². The normalized spacial score (nSPS) is 11.7. The maximum atomic E-state index is 4.19. The Bertz CT molecular complexity index is 374. The first kappa shape index (κ1) is 12.7. The molecule has 2 heteroatoms. The maximum Gasteiger partial charge on any atom is 0.0448 e. The summed E-state index contributed by atoms with van der Waals surface area (Å²) in [4.78, 5) is 4.19. The van der Waals surface area contributed by atoms with Crippen molar-refractivity contribution in [3.63, 3.8) is 0 Å². The first-order valence-electron chi connectivity index (χ1n) is 5.83. The SMILES string of the molecule is CC#CCC(NCCC)c1cnccc1C. The Hall–Kier alpha value is -1.33. The fourth-order valence-electron chi connectivity index (χ4n) is 1.66. The summed E-state index contributed by atoms with van der Waals surface area (Å²) in [5, 5.41) is 3.52. The van der Waals surface area contributed by atoms with Crippen LogP contribution >= 0.6 is 0 Å². The number of aromatic nitrogens is 1. The van der Waals surface area contributed by atoms with E-state index in [1.54, 1.807) is 0 Å². The number of aryl methyl sites for hydroxylation is 1. The van der Waals surface area contributed by atoms with Gasteiger partial charge in [-0.25, -0.2) is 0 Å². The zero-order valence-electron chi connectivity index (χ0n) is 10.4. The molecule has 0 aliphatic heterocycles. The highest BCUT2D eigenvalue weighted by molar-refractivity contribution is 5.26. The van der Waals surface area contributed by atoms with Crippen molar-refractivity contribution in [2.75, 3.05) is 6.54 Å². The number of hydrogen-bond acceptors (Lipinski definition) is 2. The predicted molar refractivity (Wildman–Crippen MR) is 68.1 cm³/mol. The van der Waals surface area contributed by atoms with Crippen molar-refractivity contribution in [1.82, 2.24) is 10.3 Å². The van der Waals surface area contributed by atoms with Crippen LogP contribution in [-0.4, -0.2) is 11.5 Å². The van der Waals surface area contributed by atoms with Crippen LogP contribution in [0.1, 0.15) is 43.9 Å². The first-order chi connectivity index (χ1) is 7.79. The molecule has 0 fully saturated rings. The molecule has 0 saturated carbocycles. The van der Waals surface area contributed by atoms with Gasteiger partial charge in [-0.15, -0.1) is 11.8 Å². The lowest BCUT2D eigenvalue weighted by molar-refractivity contribution is 0.539. The van der Waals surface area contributed by atoms with E-state index in [9.17, 15) is 0 Å². The maximum absolute atomic E-state index is 4.19. The van der Waals surface area contributed by atoms with Crippen molar-refractivity contribution in [1.29, 1.82) is 0 Å². The molecule has 1 aromatic heterocycles. The fraction of sp³-hybridized carbons (Fsp3) is 0.500. The summed E-state index contributed by atoms with van der Waals surface area (Å²) in [6, 6.07) is 2.36. The molecule has 1 rings (SSSR count). The van der Waals surface area contributed by atoms with Crippen molar-refractivity contribution in [2.45, 2.75) is 39.7 Å². The number of hydrogen-bond donors (Lipinski definition) is 1. The molecule has 0 amide bonds. The van der Waals surface area contributed by atoms with Crippen LogP contribution in [-0.2, 0) is 0 Å². The number of nitrogens with zero attached hydrogens (tertiary/aromatic N) is 1. The van der Waals surface area contributed by atoms with Gasteiger partial charge in [0.2, 0.25) is 0 Å². The van der Waals surface area contributed by atoms with Gasteiger partial charge in [0.1, 0.15) is 0 Å². The quantitative estimate of drug-likeness (QED) is 0.766. The lowest BCUT2D eigenvalue weighted by Gasteiger charge is -2.18. The van der Waals surface area contributed by atoms with Crippen molar-refractivity contribution in [3.05, 3.63) is 29.6 Å². The van der Waals surface area contributed by atoms with E-state index in [4.69, 9.17) is 0 Å². The molecule has 0 bridgehead atoms. The molecule has 1 heterocycles. The highest BCUT2D eigenvalue weighted by atomic mass is 14.9. The van der Waals surface area contributed by atoms with E-state index in [0.29, 0.717) is 6.04 Å². The summed E-state index contributed by atoms with van der Waals surface area (Å²) < 4.78 is 0. The minimum absolute atomic E-state index is 0.307. The largest absolute Gasteiger partial charge is 0.309 e. The average molecular weight is 216 g/mol. The van der Waals surface area contributed by atoms with Gasteiger partial charge in [0, 0.05) is 24.9 Å². The highest BCUT2D eigenvalue weighted by Gasteiger charge is 2.11. The topological polar surface area (TPSA) is 24.9 Å². The van der Waals surface area contributed by atoms with E-state index in [0.717, 1.165) is 19.4 Å². The molecule has 1 unspecified atom stereocenters. The zero-order valence-corrected chi connectivity index (χ0v) is 10.4. The van der Waals surface area contributed by atoms with Crippen LogP contribution in [0.25, 0.3) is 0 Å². The third-order valence-corrected chi connectivity index (χ3v) is 2.58. The second kappa shape index (κ2) is 7.03. The van der Waals surface area contributed by atoms with Gasteiger partial charge >= 0.3 is 0 Å². The van der Waals surface area contributed by atoms with Gasteiger partial charge in [0.25, 0.3) is 0 Å². The molecular weight excluding hydrogens is 196 g/mol. The summed E-state index contributed by atoms with van der Waals surface area (Å²) in [5.41, 5.74) is 2.54. The van der Waals surface area contributed by atoms with Gasteiger partial charge in [-0.2, -0.15) is 0 Å². The van der Waals surface area contributed by atoms with E-state index in [1.165, 1.54) is 11.1 Å². The van der Waals surface area contributed by atoms with E-state index in [1.807, 2.05) is 19.3 Å².